The fraction of sp³-hybridized carbons (Fsp3) is 0.471. The smallest absolute Gasteiger partial charge is 0.431 e. The largest absolute Gasteiger partial charge is 0.514 e. The number of carbonyl (C=O) groups excluding carboxylic acids is 1. The van der Waals surface area contributed by atoms with Crippen LogP contribution in [0, 0.1) is 0 Å². The van der Waals surface area contributed by atoms with Gasteiger partial charge in [-0.2, -0.15) is 0 Å². The number of para-hydroxylation sites is 1. The van der Waals surface area contributed by atoms with Crippen molar-refractivity contribution >= 4 is 6.16 Å². The minimum atomic E-state index is -0.629. The van der Waals surface area contributed by atoms with Crippen LogP contribution in [0.15, 0.2) is 43.0 Å². The third-order valence-electron chi connectivity index (χ3n) is 3.01. The number of rotatable bonds is 9. The molecule has 0 radical (unpaired) electrons. The molecule has 0 saturated carbocycles. The molecule has 1 atom stereocenters. The molecule has 3 heteroatoms. The van der Waals surface area contributed by atoms with Gasteiger partial charge in [-0.05, 0) is 44.7 Å². The van der Waals surface area contributed by atoms with Crippen LogP contribution in [0.2, 0.25) is 0 Å². The monoisotopic (exact) mass is 276 g/mol. The second-order valence-electron chi connectivity index (χ2n) is 4.87. The number of hydrogen-bond donors (Lipinski definition) is 0. The first-order valence-electron chi connectivity index (χ1n) is 7.26. The van der Waals surface area contributed by atoms with Crippen molar-refractivity contribution in [1.82, 2.24) is 0 Å². The molecule has 1 aromatic carbocycles. The van der Waals surface area contributed by atoms with Gasteiger partial charge in [0.15, 0.2) is 0 Å². The van der Waals surface area contributed by atoms with E-state index in [0.29, 0.717) is 5.75 Å². The number of carbonyl (C=O) groups is 1. The summed E-state index contributed by atoms with van der Waals surface area (Å²) >= 11 is 0. The molecule has 1 rings (SSSR count). The van der Waals surface area contributed by atoms with Crippen LogP contribution in [0.3, 0.4) is 0 Å². The van der Waals surface area contributed by atoms with E-state index in [1.54, 1.807) is 12.1 Å². The molecule has 0 heterocycles. The van der Waals surface area contributed by atoms with Crippen molar-refractivity contribution in [3.05, 3.63) is 43.0 Å². The van der Waals surface area contributed by atoms with Crippen LogP contribution in [0.5, 0.6) is 5.75 Å². The van der Waals surface area contributed by atoms with E-state index >= 15 is 0 Å². The third kappa shape index (κ3) is 7.62. The highest BCUT2D eigenvalue weighted by Gasteiger charge is 2.11. The van der Waals surface area contributed by atoms with Gasteiger partial charge in [0.25, 0.3) is 0 Å². The van der Waals surface area contributed by atoms with Crippen molar-refractivity contribution in [2.24, 2.45) is 0 Å². The summed E-state index contributed by atoms with van der Waals surface area (Å²) in [6, 6.07) is 8.95. The molecule has 0 N–H and O–H groups in total. The van der Waals surface area contributed by atoms with Crippen molar-refractivity contribution in [2.75, 3.05) is 0 Å². The van der Waals surface area contributed by atoms with Crippen LogP contribution in [0.4, 0.5) is 4.79 Å². The Morgan fingerprint density at radius 3 is 2.60 bits per heavy atom. The molecule has 1 unspecified atom stereocenters. The van der Waals surface area contributed by atoms with Crippen molar-refractivity contribution in [1.29, 1.82) is 0 Å². The molecule has 0 fully saturated rings. The Morgan fingerprint density at radius 1 is 1.20 bits per heavy atom. The summed E-state index contributed by atoms with van der Waals surface area (Å²) < 4.78 is 10.3. The third-order valence-corrected chi connectivity index (χ3v) is 3.01. The second kappa shape index (κ2) is 10.1. The van der Waals surface area contributed by atoms with Gasteiger partial charge in [-0.3, -0.25) is 0 Å². The Morgan fingerprint density at radius 2 is 1.90 bits per heavy atom. The normalized spacial score (nSPS) is 11.7. The zero-order valence-corrected chi connectivity index (χ0v) is 12.2. The van der Waals surface area contributed by atoms with Gasteiger partial charge in [0.2, 0.25) is 0 Å². The predicted octanol–water partition coefficient (Wildman–Crippen LogP) is 5.12. The first kappa shape index (κ1) is 16.3. The average molecular weight is 276 g/mol. The summed E-state index contributed by atoms with van der Waals surface area (Å²) in [5.74, 6) is 0.508. The minimum Gasteiger partial charge on any atom is -0.431 e. The Kier molecular flexibility index (Phi) is 8.20. The SMILES string of the molecule is C=CCCCCCCC(C)OC(=O)Oc1ccccc1. The van der Waals surface area contributed by atoms with E-state index in [2.05, 4.69) is 6.58 Å². The summed E-state index contributed by atoms with van der Waals surface area (Å²) in [5, 5.41) is 0. The van der Waals surface area contributed by atoms with Crippen LogP contribution in [-0.2, 0) is 4.74 Å². The highest BCUT2D eigenvalue weighted by molar-refractivity contribution is 5.63. The summed E-state index contributed by atoms with van der Waals surface area (Å²) in [6.07, 6.45) is 7.79. The van der Waals surface area contributed by atoms with Gasteiger partial charge in [0.05, 0.1) is 0 Å². The van der Waals surface area contributed by atoms with Crippen LogP contribution in [0.1, 0.15) is 45.4 Å². The Balaban J connectivity index is 2.10. The van der Waals surface area contributed by atoms with Gasteiger partial charge in [0, 0.05) is 0 Å². The van der Waals surface area contributed by atoms with E-state index in [-0.39, 0.29) is 6.10 Å². The minimum absolute atomic E-state index is 0.106. The van der Waals surface area contributed by atoms with Gasteiger partial charge < -0.3 is 9.47 Å². The molecular formula is C17H24O3. The van der Waals surface area contributed by atoms with Gasteiger partial charge in [-0.25, -0.2) is 4.79 Å². The van der Waals surface area contributed by atoms with Crippen molar-refractivity contribution in [2.45, 2.75) is 51.6 Å². The summed E-state index contributed by atoms with van der Waals surface area (Å²) in [5.41, 5.74) is 0. The highest BCUT2D eigenvalue weighted by atomic mass is 16.7. The maximum Gasteiger partial charge on any atom is 0.514 e. The second-order valence-corrected chi connectivity index (χ2v) is 4.87. The Labute approximate surface area is 121 Å². The summed E-state index contributed by atoms with van der Waals surface area (Å²) in [6.45, 7) is 5.60. The lowest BCUT2D eigenvalue weighted by molar-refractivity contribution is 0.0613. The van der Waals surface area contributed by atoms with Crippen molar-refractivity contribution < 1.29 is 14.3 Å². The zero-order valence-electron chi connectivity index (χ0n) is 12.2. The molecule has 0 spiro atoms. The molecule has 110 valence electrons. The van der Waals surface area contributed by atoms with Gasteiger partial charge in [0.1, 0.15) is 11.9 Å². The van der Waals surface area contributed by atoms with Gasteiger partial charge in [-0.15, -0.1) is 6.58 Å². The van der Waals surface area contributed by atoms with Crippen LogP contribution >= 0.6 is 0 Å². The van der Waals surface area contributed by atoms with Crippen molar-refractivity contribution in [3.63, 3.8) is 0 Å². The standard InChI is InChI=1S/C17H24O3/c1-3-4-5-6-7-9-12-15(2)19-17(18)20-16-13-10-8-11-14-16/h3,8,10-11,13-15H,1,4-7,9,12H2,2H3. The average Bonchev–Trinajstić information content (AvgIpc) is 2.43. The van der Waals surface area contributed by atoms with E-state index < -0.39 is 6.16 Å². The molecule has 0 aliphatic heterocycles. The highest BCUT2D eigenvalue weighted by Crippen LogP contribution is 2.12. The number of hydrogen-bond acceptors (Lipinski definition) is 3. The van der Waals surface area contributed by atoms with E-state index in [0.717, 1.165) is 25.7 Å². The molecule has 1 aromatic rings. The summed E-state index contributed by atoms with van der Waals surface area (Å²) in [7, 11) is 0. The van der Waals surface area contributed by atoms with Gasteiger partial charge >= 0.3 is 6.16 Å². The molecule has 0 bridgehead atoms. The lowest BCUT2D eigenvalue weighted by Crippen LogP contribution is -2.18. The first-order valence-corrected chi connectivity index (χ1v) is 7.26. The van der Waals surface area contributed by atoms with E-state index in [1.165, 1.54) is 12.8 Å². The maximum atomic E-state index is 11.5. The van der Waals surface area contributed by atoms with Crippen molar-refractivity contribution in [3.8, 4) is 5.75 Å². The Bertz CT molecular complexity index is 386. The molecule has 20 heavy (non-hydrogen) atoms. The Hall–Kier alpha value is -1.77. The number of allylic oxidation sites excluding steroid dienone is 1. The van der Waals surface area contributed by atoms with Crippen LogP contribution in [-0.4, -0.2) is 12.3 Å². The lowest BCUT2D eigenvalue weighted by atomic mass is 10.1. The van der Waals surface area contributed by atoms with E-state index in [1.807, 2.05) is 31.2 Å². The molecule has 3 nitrogen and oxygen atoms in total. The fourth-order valence-corrected chi connectivity index (χ4v) is 1.91. The predicted molar refractivity (Wildman–Crippen MR) is 80.9 cm³/mol. The molecular weight excluding hydrogens is 252 g/mol. The summed E-state index contributed by atoms with van der Waals surface area (Å²) in [4.78, 5) is 11.5. The van der Waals surface area contributed by atoms with E-state index in [4.69, 9.17) is 9.47 Å². The number of ether oxygens (including phenoxy) is 2. The maximum absolute atomic E-state index is 11.5. The van der Waals surface area contributed by atoms with Crippen LogP contribution < -0.4 is 4.74 Å². The fourth-order valence-electron chi connectivity index (χ4n) is 1.91. The molecule has 0 aromatic heterocycles. The molecule has 0 saturated heterocycles. The quantitative estimate of drug-likeness (QED) is 0.272. The molecule has 0 aliphatic carbocycles. The first-order chi connectivity index (χ1) is 9.72. The lowest BCUT2D eigenvalue weighted by Gasteiger charge is -2.12. The topological polar surface area (TPSA) is 35.5 Å². The number of benzene rings is 1. The van der Waals surface area contributed by atoms with Crippen LogP contribution in [0.25, 0.3) is 0 Å². The van der Waals surface area contributed by atoms with Gasteiger partial charge in [-0.1, -0.05) is 37.1 Å². The van der Waals surface area contributed by atoms with E-state index in [9.17, 15) is 4.79 Å². The zero-order chi connectivity index (χ0) is 14.6. The molecule has 0 amide bonds. The number of unbranched alkanes of at least 4 members (excludes halogenated alkanes) is 4. The molecule has 0 aliphatic rings.